The summed E-state index contributed by atoms with van der Waals surface area (Å²) in [6.07, 6.45) is 1.68. The van der Waals surface area contributed by atoms with E-state index in [9.17, 15) is 9.59 Å². The Labute approximate surface area is 144 Å². The molecule has 3 rings (SSSR count). The third kappa shape index (κ3) is 3.42. The van der Waals surface area contributed by atoms with Gasteiger partial charge in [0.1, 0.15) is 17.4 Å². The molecule has 128 valence electrons. The fourth-order valence-corrected chi connectivity index (χ4v) is 2.53. The molecular formula is C17H17N5O3. The number of ether oxygens (including phenoxy) is 1. The molecule has 2 amide bonds. The average Bonchev–Trinajstić information content (AvgIpc) is 3.09. The van der Waals surface area contributed by atoms with Crippen LogP contribution in [0.3, 0.4) is 0 Å². The number of benzene rings is 1. The van der Waals surface area contributed by atoms with Crippen molar-refractivity contribution in [1.82, 2.24) is 4.98 Å². The summed E-state index contributed by atoms with van der Waals surface area (Å²) in [6, 6.07) is 11.7. The van der Waals surface area contributed by atoms with Crippen LogP contribution in [-0.4, -0.2) is 35.7 Å². The summed E-state index contributed by atoms with van der Waals surface area (Å²) in [4.78, 5) is 28.3. The lowest BCUT2D eigenvalue weighted by Gasteiger charge is -2.20. The highest BCUT2D eigenvalue weighted by Gasteiger charge is 2.35. The standard InChI is InChI=1S/C17H17N5O3/c1-25-17-12(8-5-9-19-17)20-16(24)13-10-14(15(18)23)22(21-13)11-6-3-2-4-7-11/h2-9,14H,10H2,1H3,(H2,18,23)(H,20,24)/t14-/m1/s1. The molecule has 1 aliphatic rings. The summed E-state index contributed by atoms with van der Waals surface area (Å²) in [5, 5.41) is 8.46. The number of anilines is 2. The second kappa shape index (κ2) is 7.00. The number of hydrogen-bond donors (Lipinski definition) is 2. The van der Waals surface area contributed by atoms with Gasteiger partial charge < -0.3 is 15.8 Å². The molecule has 1 aromatic heterocycles. The molecule has 0 aliphatic carbocycles. The van der Waals surface area contributed by atoms with Gasteiger partial charge in [0, 0.05) is 12.6 Å². The van der Waals surface area contributed by atoms with Crippen LogP contribution >= 0.6 is 0 Å². The third-order valence-corrected chi connectivity index (χ3v) is 3.73. The van der Waals surface area contributed by atoms with Crippen LogP contribution in [0.15, 0.2) is 53.8 Å². The minimum Gasteiger partial charge on any atom is -0.480 e. The Kier molecular flexibility index (Phi) is 4.60. The van der Waals surface area contributed by atoms with E-state index in [1.807, 2.05) is 18.2 Å². The number of hydrogen-bond acceptors (Lipinski definition) is 6. The van der Waals surface area contributed by atoms with E-state index in [1.54, 1.807) is 30.5 Å². The first-order valence-corrected chi connectivity index (χ1v) is 7.61. The van der Waals surface area contributed by atoms with Crippen LogP contribution in [0.1, 0.15) is 6.42 Å². The van der Waals surface area contributed by atoms with Gasteiger partial charge in [-0.25, -0.2) is 4.98 Å². The number of methoxy groups -OCH3 is 1. The van der Waals surface area contributed by atoms with E-state index in [4.69, 9.17) is 10.5 Å². The Hall–Kier alpha value is -3.42. The normalized spacial score (nSPS) is 16.3. The topological polar surface area (TPSA) is 110 Å². The van der Waals surface area contributed by atoms with Crippen molar-refractivity contribution in [1.29, 1.82) is 0 Å². The number of carbonyl (C=O) groups excluding carboxylic acids is 2. The predicted octanol–water partition coefficient (Wildman–Crippen LogP) is 1.15. The number of nitrogens with zero attached hydrogens (tertiary/aromatic N) is 3. The van der Waals surface area contributed by atoms with Crippen molar-refractivity contribution in [2.24, 2.45) is 10.8 Å². The molecule has 0 bridgehead atoms. The maximum absolute atomic E-state index is 12.5. The van der Waals surface area contributed by atoms with Crippen molar-refractivity contribution in [3.05, 3.63) is 48.7 Å². The molecule has 0 radical (unpaired) electrons. The summed E-state index contributed by atoms with van der Waals surface area (Å²) in [7, 11) is 1.46. The molecule has 1 aromatic carbocycles. The van der Waals surface area contributed by atoms with Crippen LogP contribution in [0, 0.1) is 0 Å². The molecular weight excluding hydrogens is 322 g/mol. The van der Waals surface area contributed by atoms with E-state index in [2.05, 4.69) is 15.4 Å². The zero-order valence-corrected chi connectivity index (χ0v) is 13.5. The van der Waals surface area contributed by atoms with Crippen molar-refractivity contribution < 1.29 is 14.3 Å². The van der Waals surface area contributed by atoms with Gasteiger partial charge in [0.15, 0.2) is 0 Å². The number of primary amides is 1. The van der Waals surface area contributed by atoms with E-state index in [-0.39, 0.29) is 12.1 Å². The van der Waals surface area contributed by atoms with Crippen molar-refractivity contribution in [2.45, 2.75) is 12.5 Å². The van der Waals surface area contributed by atoms with Crippen LogP contribution in [0.4, 0.5) is 11.4 Å². The molecule has 8 heteroatoms. The fourth-order valence-electron chi connectivity index (χ4n) is 2.53. The van der Waals surface area contributed by atoms with Gasteiger partial charge in [-0.3, -0.25) is 14.6 Å². The quantitative estimate of drug-likeness (QED) is 0.849. The first-order valence-electron chi connectivity index (χ1n) is 7.61. The Morgan fingerprint density at radius 1 is 1.24 bits per heavy atom. The number of para-hydroxylation sites is 1. The Morgan fingerprint density at radius 3 is 2.68 bits per heavy atom. The van der Waals surface area contributed by atoms with Crippen molar-refractivity contribution in [2.75, 3.05) is 17.4 Å². The molecule has 25 heavy (non-hydrogen) atoms. The molecule has 0 fully saturated rings. The molecule has 3 N–H and O–H groups in total. The van der Waals surface area contributed by atoms with Gasteiger partial charge in [-0.1, -0.05) is 18.2 Å². The lowest BCUT2D eigenvalue weighted by Crippen LogP contribution is -2.39. The van der Waals surface area contributed by atoms with Crippen LogP contribution in [-0.2, 0) is 9.59 Å². The second-order valence-electron chi connectivity index (χ2n) is 5.36. The van der Waals surface area contributed by atoms with Gasteiger partial charge in [-0.05, 0) is 24.3 Å². The average molecular weight is 339 g/mol. The van der Waals surface area contributed by atoms with Gasteiger partial charge in [0.25, 0.3) is 5.91 Å². The Bertz CT molecular complexity index is 822. The summed E-state index contributed by atoms with van der Waals surface area (Å²) < 4.78 is 5.11. The fraction of sp³-hybridized carbons (Fsp3) is 0.176. The van der Waals surface area contributed by atoms with E-state index >= 15 is 0 Å². The first-order chi connectivity index (χ1) is 12.1. The van der Waals surface area contributed by atoms with Gasteiger partial charge >= 0.3 is 0 Å². The molecule has 1 atom stereocenters. The van der Waals surface area contributed by atoms with Crippen LogP contribution in [0.2, 0.25) is 0 Å². The van der Waals surface area contributed by atoms with Crippen molar-refractivity contribution >= 4 is 28.9 Å². The summed E-state index contributed by atoms with van der Waals surface area (Å²) in [5.41, 5.74) is 6.79. The number of rotatable bonds is 5. The second-order valence-corrected chi connectivity index (χ2v) is 5.36. The molecule has 1 aliphatic heterocycles. The molecule has 0 saturated heterocycles. The zero-order chi connectivity index (χ0) is 17.8. The van der Waals surface area contributed by atoms with Crippen molar-refractivity contribution in [3.8, 4) is 5.88 Å². The SMILES string of the molecule is COc1ncccc1NC(=O)C1=NN(c2ccccc2)[C@@H](C(N)=O)C1. The largest absolute Gasteiger partial charge is 0.480 e. The molecule has 0 spiro atoms. The Balaban J connectivity index is 1.84. The number of pyridine rings is 1. The van der Waals surface area contributed by atoms with Gasteiger partial charge in [0.2, 0.25) is 11.8 Å². The van der Waals surface area contributed by atoms with Crippen LogP contribution in [0.5, 0.6) is 5.88 Å². The molecule has 8 nitrogen and oxygen atoms in total. The molecule has 0 unspecified atom stereocenters. The summed E-state index contributed by atoms with van der Waals surface area (Å²) in [6.45, 7) is 0. The smallest absolute Gasteiger partial charge is 0.272 e. The number of carbonyl (C=O) groups is 2. The van der Waals surface area contributed by atoms with E-state index < -0.39 is 17.9 Å². The maximum Gasteiger partial charge on any atom is 0.272 e. The number of hydrazone groups is 1. The van der Waals surface area contributed by atoms with Crippen LogP contribution < -0.4 is 20.8 Å². The zero-order valence-electron chi connectivity index (χ0n) is 13.5. The predicted molar refractivity (Wildman–Crippen MR) is 93.4 cm³/mol. The number of amides is 2. The number of nitrogens with two attached hydrogens (primary N) is 1. The summed E-state index contributed by atoms with van der Waals surface area (Å²) in [5.74, 6) is -0.689. The maximum atomic E-state index is 12.5. The molecule has 0 saturated carbocycles. The third-order valence-electron chi connectivity index (χ3n) is 3.73. The highest BCUT2D eigenvalue weighted by Crippen LogP contribution is 2.25. The Morgan fingerprint density at radius 2 is 2.00 bits per heavy atom. The van der Waals surface area contributed by atoms with Crippen molar-refractivity contribution in [3.63, 3.8) is 0 Å². The highest BCUT2D eigenvalue weighted by atomic mass is 16.5. The molecule has 2 heterocycles. The minimum absolute atomic E-state index is 0.124. The van der Waals surface area contributed by atoms with Gasteiger partial charge in [0.05, 0.1) is 12.8 Å². The summed E-state index contributed by atoms with van der Waals surface area (Å²) >= 11 is 0. The van der Waals surface area contributed by atoms with E-state index in [1.165, 1.54) is 12.1 Å². The monoisotopic (exact) mass is 339 g/mol. The number of aromatic nitrogens is 1. The van der Waals surface area contributed by atoms with E-state index in [0.29, 0.717) is 17.3 Å². The number of nitrogens with one attached hydrogen (secondary N) is 1. The molecule has 2 aromatic rings. The highest BCUT2D eigenvalue weighted by molar-refractivity contribution is 6.44. The van der Waals surface area contributed by atoms with Crippen LogP contribution in [0.25, 0.3) is 0 Å². The lowest BCUT2D eigenvalue weighted by atomic mass is 10.1. The first kappa shape index (κ1) is 16.4. The van der Waals surface area contributed by atoms with E-state index in [0.717, 1.165) is 0 Å². The van der Waals surface area contributed by atoms with Gasteiger partial charge in [-0.2, -0.15) is 5.10 Å². The lowest BCUT2D eigenvalue weighted by molar-refractivity contribution is -0.119. The van der Waals surface area contributed by atoms with Gasteiger partial charge in [-0.15, -0.1) is 0 Å². The minimum atomic E-state index is -0.709.